The molecule has 3 rings (SSSR count). The molecule has 2 N–H and O–H groups in total. The van der Waals surface area contributed by atoms with E-state index >= 15 is 0 Å². The fourth-order valence-electron chi connectivity index (χ4n) is 2.40. The Balaban J connectivity index is 2.44. The van der Waals surface area contributed by atoms with Crippen molar-refractivity contribution >= 4 is 17.3 Å². The molecule has 7 nitrogen and oxygen atoms in total. The summed E-state index contributed by atoms with van der Waals surface area (Å²) < 4.78 is 1.15. The minimum absolute atomic E-state index is 0.177. The third kappa shape index (κ3) is 1.62. The highest BCUT2D eigenvalue weighted by Gasteiger charge is 2.20. The van der Waals surface area contributed by atoms with Gasteiger partial charge in [0.2, 0.25) is 0 Å². The van der Waals surface area contributed by atoms with Crippen LogP contribution in [-0.2, 0) is 6.42 Å². The molecule has 0 atom stereocenters. The Morgan fingerprint density at radius 1 is 1.55 bits per heavy atom. The van der Waals surface area contributed by atoms with Gasteiger partial charge in [0.25, 0.3) is 5.56 Å². The lowest BCUT2D eigenvalue weighted by Crippen LogP contribution is -2.25. The highest BCUT2D eigenvalue weighted by molar-refractivity contribution is 5.87. The number of aryl methyl sites for hydroxylation is 1. The number of hydrogen-bond donors (Lipinski definition) is 2. The number of carbonyl (C=O) groups is 1. The number of nitrogens with one attached hydrogen (secondary N) is 1. The SMILES string of the molecule is N#Cc1c2c(cn3c(=O)c(C(=O)O)cnc13)CCCN2. The van der Waals surface area contributed by atoms with Crippen LogP contribution in [-0.4, -0.2) is 27.0 Å². The van der Waals surface area contributed by atoms with Gasteiger partial charge in [0.15, 0.2) is 5.65 Å². The zero-order valence-electron chi connectivity index (χ0n) is 10.4. The number of rotatable bonds is 1. The number of carboxylic acid groups (broad SMARTS) is 1. The van der Waals surface area contributed by atoms with Crippen LogP contribution >= 0.6 is 0 Å². The van der Waals surface area contributed by atoms with Gasteiger partial charge in [0.05, 0.1) is 5.69 Å². The summed E-state index contributed by atoms with van der Waals surface area (Å²) in [4.78, 5) is 27.1. The molecule has 3 heterocycles. The molecule has 7 heteroatoms. The van der Waals surface area contributed by atoms with Crippen molar-refractivity contribution < 1.29 is 9.90 Å². The number of anilines is 1. The summed E-state index contributed by atoms with van der Waals surface area (Å²) >= 11 is 0. The van der Waals surface area contributed by atoms with Gasteiger partial charge in [0.1, 0.15) is 17.2 Å². The molecular formula is C13H10N4O3. The first-order chi connectivity index (χ1) is 9.63. The van der Waals surface area contributed by atoms with E-state index in [-0.39, 0.29) is 11.2 Å². The van der Waals surface area contributed by atoms with E-state index in [1.165, 1.54) is 0 Å². The van der Waals surface area contributed by atoms with Crippen LogP contribution in [0, 0.1) is 11.3 Å². The van der Waals surface area contributed by atoms with Gasteiger partial charge in [-0.1, -0.05) is 0 Å². The highest BCUT2D eigenvalue weighted by atomic mass is 16.4. The zero-order chi connectivity index (χ0) is 14.3. The van der Waals surface area contributed by atoms with Crippen molar-refractivity contribution in [2.75, 3.05) is 11.9 Å². The normalized spacial score (nSPS) is 13.3. The number of nitrogens with zero attached hydrogens (tertiary/aromatic N) is 3. The summed E-state index contributed by atoms with van der Waals surface area (Å²) in [6, 6.07) is 2.04. The van der Waals surface area contributed by atoms with Crippen molar-refractivity contribution in [2.24, 2.45) is 0 Å². The Kier molecular flexibility index (Phi) is 2.64. The first kappa shape index (κ1) is 12.2. The molecule has 0 fully saturated rings. The number of aromatic nitrogens is 2. The average molecular weight is 270 g/mol. The second kappa shape index (κ2) is 4.35. The Bertz CT molecular complexity index is 832. The van der Waals surface area contributed by atoms with E-state index in [2.05, 4.69) is 10.3 Å². The molecule has 0 saturated carbocycles. The molecular weight excluding hydrogens is 260 g/mol. The molecule has 20 heavy (non-hydrogen) atoms. The molecule has 0 bridgehead atoms. The summed E-state index contributed by atoms with van der Waals surface area (Å²) in [6.45, 7) is 0.759. The van der Waals surface area contributed by atoms with Crippen molar-refractivity contribution in [1.82, 2.24) is 9.38 Å². The third-order valence-corrected chi connectivity index (χ3v) is 3.34. The van der Waals surface area contributed by atoms with Crippen LogP contribution in [0.3, 0.4) is 0 Å². The molecule has 0 amide bonds. The smallest absolute Gasteiger partial charge is 0.342 e. The molecule has 0 unspecified atom stereocenters. The number of hydrogen-bond acceptors (Lipinski definition) is 5. The number of fused-ring (bicyclic) bond motifs is 2. The first-order valence-electron chi connectivity index (χ1n) is 6.08. The molecule has 100 valence electrons. The molecule has 1 aliphatic heterocycles. The molecule has 0 aliphatic carbocycles. The maximum Gasteiger partial charge on any atom is 0.342 e. The fourth-order valence-corrected chi connectivity index (χ4v) is 2.40. The molecule has 0 saturated heterocycles. The van der Waals surface area contributed by atoms with Crippen LogP contribution in [0.25, 0.3) is 5.65 Å². The Hall–Kier alpha value is -2.88. The number of aromatic carboxylic acids is 1. The first-order valence-corrected chi connectivity index (χ1v) is 6.08. The van der Waals surface area contributed by atoms with Gasteiger partial charge in [0, 0.05) is 18.9 Å². The zero-order valence-corrected chi connectivity index (χ0v) is 10.4. The standard InChI is InChI=1S/C13H10N4O3/c14-4-8-10-7(2-1-3-15-10)6-17-11(8)16-5-9(12(17)18)13(19)20/h5-6,15H,1-3H2,(H,19,20). The van der Waals surface area contributed by atoms with E-state index < -0.39 is 17.1 Å². The van der Waals surface area contributed by atoms with E-state index in [0.717, 1.165) is 35.5 Å². The van der Waals surface area contributed by atoms with Crippen LogP contribution < -0.4 is 10.9 Å². The van der Waals surface area contributed by atoms with Crippen LogP contribution in [0.4, 0.5) is 5.69 Å². The van der Waals surface area contributed by atoms with Crippen LogP contribution in [0.1, 0.15) is 27.9 Å². The lowest BCUT2D eigenvalue weighted by atomic mass is 10.0. The van der Waals surface area contributed by atoms with Gasteiger partial charge in [-0.05, 0) is 18.4 Å². The predicted molar refractivity (Wildman–Crippen MR) is 69.9 cm³/mol. The average Bonchev–Trinajstić information content (AvgIpc) is 2.45. The fraction of sp³-hybridized carbons (Fsp3) is 0.231. The van der Waals surface area contributed by atoms with Crippen LogP contribution in [0.5, 0.6) is 0 Å². The van der Waals surface area contributed by atoms with Gasteiger partial charge in [-0.2, -0.15) is 5.26 Å². The summed E-state index contributed by atoms with van der Waals surface area (Å²) in [5.74, 6) is -1.33. The van der Waals surface area contributed by atoms with Gasteiger partial charge < -0.3 is 10.4 Å². The topological polar surface area (TPSA) is 107 Å². The maximum absolute atomic E-state index is 12.1. The van der Waals surface area contributed by atoms with Gasteiger partial charge in [-0.25, -0.2) is 9.78 Å². The number of nitriles is 1. The largest absolute Gasteiger partial charge is 0.477 e. The van der Waals surface area contributed by atoms with Crippen molar-refractivity contribution in [3.8, 4) is 6.07 Å². The maximum atomic E-state index is 12.1. The van der Waals surface area contributed by atoms with E-state index in [9.17, 15) is 14.9 Å². The molecule has 0 radical (unpaired) electrons. The van der Waals surface area contributed by atoms with Gasteiger partial charge in [-0.3, -0.25) is 9.20 Å². The van der Waals surface area contributed by atoms with Crippen molar-refractivity contribution in [3.63, 3.8) is 0 Å². The summed E-state index contributed by atoms with van der Waals surface area (Å²) in [7, 11) is 0. The van der Waals surface area contributed by atoms with E-state index in [1.54, 1.807) is 6.20 Å². The Morgan fingerprint density at radius 2 is 2.35 bits per heavy atom. The lowest BCUT2D eigenvalue weighted by Gasteiger charge is -2.20. The molecule has 1 aliphatic rings. The predicted octanol–water partition coefficient (Wildman–Crippen LogP) is 0.622. The third-order valence-electron chi connectivity index (χ3n) is 3.34. The highest BCUT2D eigenvalue weighted by Crippen LogP contribution is 2.27. The van der Waals surface area contributed by atoms with Crippen LogP contribution in [0.15, 0.2) is 17.2 Å². The second-order valence-corrected chi connectivity index (χ2v) is 4.52. The second-order valence-electron chi connectivity index (χ2n) is 4.52. The van der Waals surface area contributed by atoms with Crippen molar-refractivity contribution in [2.45, 2.75) is 12.8 Å². The molecule has 0 spiro atoms. The van der Waals surface area contributed by atoms with E-state index in [4.69, 9.17) is 5.11 Å². The Labute approximate surface area is 113 Å². The lowest BCUT2D eigenvalue weighted by molar-refractivity contribution is 0.0694. The van der Waals surface area contributed by atoms with E-state index in [0.29, 0.717) is 5.69 Å². The number of carboxylic acids is 1. The van der Waals surface area contributed by atoms with Crippen molar-refractivity contribution in [3.05, 3.63) is 39.4 Å². The summed E-state index contributed by atoms with van der Waals surface area (Å²) in [5, 5.41) is 21.4. The van der Waals surface area contributed by atoms with E-state index in [1.807, 2.05) is 6.07 Å². The Morgan fingerprint density at radius 3 is 3.05 bits per heavy atom. The van der Waals surface area contributed by atoms with Gasteiger partial charge in [-0.15, -0.1) is 0 Å². The summed E-state index contributed by atoms with van der Waals surface area (Å²) in [5.41, 5.74) is 0.884. The summed E-state index contributed by atoms with van der Waals surface area (Å²) in [6.07, 6.45) is 4.19. The number of pyridine rings is 1. The minimum Gasteiger partial charge on any atom is -0.477 e. The van der Waals surface area contributed by atoms with Crippen molar-refractivity contribution in [1.29, 1.82) is 5.26 Å². The molecule has 2 aromatic heterocycles. The quantitative estimate of drug-likeness (QED) is 0.786. The van der Waals surface area contributed by atoms with Gasteiger partial charge >= 0.3 is 5.97 Å². The minimum atomic E-state index is -1.33. The monoisotopic (exact) mass is 270 g/mol. The van der Waals surface area contributed by atoms with Crippen LogP contribution in [0.2, 0.25) is 0 Å². The molecule has 2 aromatic rings. The molecule has 0 aromatic carbocycles.